The molecule has 7 nitrogen and oxygen atoms in total. The van der Waals surface area contributed by atoms with E-state index in [1.807, 2.05) is 30.3 Å². The Kier molecular flexibility index (Phi) is 7.09. The van der Waals surface area contributed by atoms with Gasteiger partial charge in [0.2, 0.25) is 0 Å². The molecule has 0 bridgehead atoms. The van der Waals surface area contributed by atoms with Crippen LogP contribution < -0.4 is 10.1 Å². The molecule has 134 valence electrons. The SMILES string of the molecule is COc1ccc(CC(NC(=O)OCc2ccccc2)C(=O)C=[N+]=[N-])cc1. The van der Waals surface area contributed by atoms with E-state index in [1.165, 1.54) is 0 Å². The van der Waals surface area contributed by atoms with E-state index in [4.69, 9.17) is 15.0 Å². The number of rotatable bonds is 8. The summed E-state index contributed by atoms with van der Waals surface area (Å²) in [6.07, 6.45) is 0.244. The van der Waals surface area contributed by atoms with Crippen molar-refractivity contribution in [2.75, 3.05) is 7.11 Å². The van der Waals surface area contributed by atoms with Crippen molar-refractivity contribution in [2.45, 2.75) is 19.1 Å². The van der Waals surface area contributed by atoms with Crippen LogP contribution in [0.25, 0.3) is 5.53 Å². The van der Waals surface area contributed by atoms with Gasteiger partial charge in [0.15, 0.2) is 0 Å². The second-order valence-electron chi connectivity index (χ2n) is 5.46. The third-order valence-corrected chi connectivity index (χ3v) is 3.63. The molecule has 2 rings (SSSR count). The fourth-order valence-electron chi connectivity index (χ4n) is 2.27. The molecule has 0 heterocycles. The fourth-order valence-corrected chi connectivity index (χ4v) is 2.27. The van der Waals surface area contributed by atoms with E-state index in [0.29, 0.717) is 5.75 Å². The minimum Gasteiger partial charge on any atom is -0.497 e. The highest BCUT2D eigenvalue weighted by Crippen LogP contribution is 2.13. The molecule has 0 aromatic heterocycles. The lowest BCUT2D eigenvalue weighted by Crippen LogP contribution is -2.43. The number of benzene rings is 2. The van der Waals surface area contributed by atoms with Crippen LogP contribution >= 0.6 is 0 Å². The van der Waals surface area contributed by atoms with Gasteiger partial charge in [-0.25, -0.2) is 4.79 Å². The number of ketones is 1. The second kappa shape index (κ2) is 9.76. The van der Waals surface area contributed by atoms with Crippen molar-refractivity contribution in [1.82, 2.24) is 5.32 Å². The molecule has 0 fully saturated rings. The van der Waals surface area contributed by atoms with Crippen LogP contribution in [0.15, 0.2) is 54.6 Å². The van der Waals surface area contributed by atoms with E-state index in [9.17, 15) is 9.59 Å². The van der Waals surface area contributed by atoms with Crippen molar-refractivity contribution < 1.29 is 23.9 Å². The van der Waals surface area contributed by atoms with Crippen LogP contribution in [0, 0.1) is 0 Å². The summed E-state index contributed by atoms with van der Waals surface area (Å²) in [4.78, 5) is 26.8. The van der Waals surface area contributed by atoms with Crippen LogP contribution in [0.1, 0.15) is 11.1 Å². The predicted octanol–water partition coefficient (Wildman–Crippen LogP) is 2.40. The summed E-state index contributed by atoms with van der Waals surface area (Å²) < 4.78 is 10.2. The Morgan fingerprint density at radius 3 is 2.42 bits per heavy atom. The van der Waals surface area contributed by atoms with Crippen LogP contribution in [0.5, 0.6) is 5.75 Å². The standard InChI is InChI=1S/C19H19N3O4/c1-25-16-9-7-14(8-10-16)11-17(18(23)12-21-20)22-19(24)26-13-15-5-3-2-4-6-15/h2-10,12,17H,11,13H2,1H3,(H,22,24). The largest absolute Gasteiger partial charge is 0.497 e. The van der Waals surface area contributed by atoms with E-state index < -0.39 is 17.9 Å². The van der Waals surface area contributed by atoms with Gasteiger partial charge < -0.3 is 20.3 Å². The summed E-state index contributed by atoms with van der Waals surface area (Å²) in [6, 6.07) is 15.4. The van der Waals surface area contributed by atoms with Gasteiger partial charge in [0.1, 0.15) is 18.4 Å². The Morgan fingerprint density at radius 2 is 1.81 bits per heavy atom. The lowest BCUT2D eigenvalue weighted by atomic mass is 10.0. The van der Waals surface area contributed by atoms with Crippen molar-refractivity contribution in [1.29, 1.82) is 0 Å². The Morgan fingerprint density at radius 1 is 1.12 bits per heavy atom. The number of carbonyl (C=O) groups is 2. The molecule has 0 aliphatic heterocycles. The van der Waals surface area contributed by atoms with Crippen LogP contribution in [-0.4, -0.2) is 36.0 Å². The molecular weight excluding hydrogens is 334 g/mol. The molecule has 1 N–H and O–H groups in total. The van der Waals surface area contributed by atoms with Crippen LogP contribution in [0.3, 0.4) is 0 Å². The zero-order valence-corrected chi connectivity index (χ0v) is 14.3. The number of Topliss-reactive ketones (excluding diaryl/α,β-unsaturated/α-hetero) is 1. The molecular formula is C19H19N3O4. The Labute approximate surface area is 151 Å². The van der Waals surface area contributed by atoms with Crippen LogP contribution in [0.2, 0.25) is 0 Å². The van der Waals surface area contributed by atoms with Gasteiger partial charge in [0, 0.05) is 6.42 Å². The number of nitrogens with one attached hydrogen (secondary N) is 1. The maximum absolute atomic E-state index is 12.1. The third-order valence-electron chi connectivity index (χ3n) is 3.63. The predicted molar refractivity (Wildman–Crippen MR) is 94.9 cm³/mol. The fraction of sp³-hybridized carbons (Fsp3) is 0.211. The van der Waals surface area contributed by atoms with Gasteiger partial charge in [-0.1, -0.05) is 42.5 Å². The average Bonchev–Trinajstić information content (AvgIpc) is 2.67. The zero-order chi connectivity index (χ0) is 18.8. The minimum absolute atomic E-state index is 0.0875. The molecule has 2 aromatic rings. The second-order valence-corrected chi connectivity index (χ2v) is 5.46. The number of hydrogen-bond donors (Lipinski definition) is 1. The Balaban J connectivity index is 2.00. The lowest BCUT2D eigenvalue weighted by Gasteiger charge is -2.15. The molecule has 7 heteroatoms. The first kappa shape index (κ1) is 18.9. The molecule has 1 atom stereocenters. The molecule has 0 radical (unpaired) electrons. The number of methoxy groups -OCH3 is 1. The summed E-state index contributed by atoms with van der Waals surface area (Å²) in [5, 5.41) is 2.50. The van der Waals surface area contributed by atoms with Crippen molar-refractivity contribution in [3.05, 3.63) is 71.3 Å². The molecule has 1 amide bonds. The van der Waals surface area contributed by atoms with Gasteiger partial charge in [0.25, 0.3) is 5.78 Å². The van der Waals surface area contributed by atoms with Crippen molar-refractivity contribution >= 4 is 18.1 Å². The van der Waals surface area contributed by atoms with Crippen molar-refractivity contribution in [2.24, 2.45) is 0 Å². The minimum atomic E-state index is -0.914. The summed E-state index contributed by atoms with van der Waals surface area (Å²) in [7, 11) is 1.56. The highest BCUT2D eigenvalue weighted by molar-refractivity contribution is 6.28. The van der Waals surface area contributed by atoms with E-state index in [1.54, 1.807) is 31.4 Å². The van der Waals surface area contributed by atoms with Gasteiger partial charge in [-0.3, -0.25) is 4.79 Å². The normalized spacial score (nSPS) is 11.0. The molecule has 1 unspecified atom stereocenters. The molecule has 0 aliphatic rings. The number of carbonyl (C=O) groups excluding carboxylic acids is 2. The first-order valence-corrected chi connectivity index (χ1v) is 7.94. The third kappa shape index (κ3) is 5.89. The number of ether oxygens (including phenoxy) is 2. The van der Waals surface area contributed by atoms with Gasteiger partial charge in [-0.15, -0.1) is 0 Å². The Bertz CT molecular complexity index is 784. The summed E-state index contributed by atoms with van der Waals surface area (Å²) in [5.41, 5.74) is 10.2. The highest BCUT2D eigenvalue weighted by atomic mass is 16.5. The quantitative estimate of drug-likeness (QED) is 0.447. The van der Waals surface area contributed by atoms with Crippen LogP contribution in [-0.2, 0) is 22.6 Å². The summed E-state index contributed by atoms with van der Waals surface area (Å²) >= 11 is 0. The lowest BCUT2D eigenvalue weighted by molar-refractivity contribution is -0.117. The summed E-state index contributed by atoms with van der Waals surface area (Å²) in [5.74, 6) is 0.142. The number of nitrogens with zero attached hydrogens (tertiary/aromatic N) is 2. The molecule has 0 saturated heterocycles. The van der Waals surface area contributed by atoms with Gasteiger partial charge in [-0.2, -0.15) is 4.79 Å². The zero-order valence-electron chi connectivity index (χ0n) is 14.3. The van der Waals surface area contributed by atoms with Gasteiger partial charge in [-0.05, 0) is 23.3 Å². The maximum atomic E-state index is 12.1. The summed E-state index contributed by atoms with van der Waals surface area (Å²) in [6.45, 7) is 0.0875. The molecule has 0 spiro atoms. The molecule has 0 saturated carbocycles. The van der Waals surface area contributed by atoms with Gasteiger partial charge >= 0.3 is 12.3 Å². The number of amides is 1. The van der Waals surface area contributed by atoms with Gasteiger partial charge in [0.05, 0.1) is 7.11 Å². The van der Waals surface area contributed by atoms with Crippen molar-refractivity contribution in [3.63, 3.8) is 0 Å². The van der Waals surface area contributed by atoms with Crippen molar-refractivity contribution in [3.8, 4) is 5.75 Å². The molecule has 0 aliphatic carbocycles. The van der Waals surface area contributed by atoms with E-state index in [0.717, 1.165) is 17.3 Å². The smallest absolute Gasteiger partial charge is 0.408 e. The first-order valence-electron chi connectivity index (χ1n) is 7.94. The van der Waals surface area contributed by atoms with E-state index >= 15 is 0 Å². The maximum Gasteiger partial charge on any atom is 0.408 e. The monoisotopic (exact) mass is 353 g/mol. The highest BCUT2D eigenvalue weighted by Gasteiger charge is 2.23. The first-order chi connectivity index (χ1) is 12.6. The van der Waals surface area contributed by atoms with Crippen LogP contribution in [0.4, 0.5) is 4.79 Å². The van der Waals surface area contributed by atoms with E-state index in [2.05, 4.69) is 10.1 Å². The molecule has 26 heavy (non-hydrogen) atoms. The van der Waals surface area contributed by atoms with E-state index in [-0.39, 0.29) is 13.0 Å². The number of hydrogen-bond acceptors (Lipinski definition) is 4. The average molecular weight is 353 g/mol. The Hall–Kier alpha value is -3.44. The topological polar surface area (TPSA) is 101 Å². The number of alkyl carbamates (subject to hydrolysis) is 1. The molecule has 2 aromatic carbocycles.